The number of pyridine rings is 1. The maximum absolute atomic E-state index is 12.7. The van der Waals surface area contributed by atoms with Gasteiger partial charge in [-0.1, -0.05) is 0 Å². The number of ether oxygens (including phenoxy) is 2. The van der Waals surface area contributed by atoms with Crippen LogP contribution in [-0.4, -0.2) is 62.2 Å². The van der Waals surface area contributed by atoms with Gasteiger partial charge in [0.05, 0.1) is 19.1 Å². The zero-order chi connectivity index (χ0) is 16.4. The minimum atomic E-state index is -0.554. The molecule has 124 valence electrons. The van der Waals surface area contributed by atoms with Gasteiger partial charge in [-0.25, -0.2) is 0 Å². The van der Waals surface area contributed by atoms with Crippen LogP contribution in [-0.2, 0) is 9.53 Å². The van der Waals surface area contributed by atoms with Gasteiger partial charge in [0, 0.05) is 44.9 Å². The van der Waals surface area contributed by atoms with Crippen LogP contribution in [0.4, 0.5) is 0 Å². The molecule has 2 saturated heterocycles. The van der Waals surface area contributed by atoms with Gasteiger partial charge in [0.1, 0.15) is 11.4 Å². The number of carbonyl (C=O) groups excluding carboxylic acids is 2. The van der Waals surface area contributed by atoms with Gasteiger partial charge >= 0.3 is 0 Å². The van der Waals surface area contributed by atoms with Crippen molar-refractivity contribution in [1.82, 2.24) is 15.2 Å². The summed E-state index contributed by atoms with van der Waals surface area (Å²) in [6.45, 7) is 1.95. The summed E-state index contributed by atoms with van der Waals surface area (Å²) in [6.07, 6.45) is 2.18. The first kappa shape index (κ1) is 15.7. The van der Waals surface area contributed by atoms with E-state index >= 15 is 0 Å². The van der Waals surface area contributed by atoms with Crippen molar-refractivity contribution < 1.29 is 19.1 Å². The predicted octanol–water partition coefficient (Wildman–Crippen LogP) is 0.315. The molecule has 0 unspecified atom stereocenters. The molecule has 23 heavy (non-hydrogen) atoms. The largest absolute Gasteiger partial charge is 0.497 e. The topological polar surface area (TPSA) is 80.8 Å². The lowest BCUT2D eigenvalue weighted by Gasteiger charge is -2.36. The highest BCUT2D eigenvalue weighted by Gasteiger charge is 2.54. The maximum atomic E-state index is 12.7. The molecule has 0 bridgehead atoms. The molecule has 0 aliphatic carbocycles. The van der Waals surface area contributed by atoms with Gasteiger partial charge in [0.15, 0.2) is 0 Å². The molecule has 3 heterocycles. The van der Waals surface area contributed by atoms with E-state index in [2.05, 4.69) is 10.3 Å². The van der Waals surface area contributed by atoms with Gasteiger partial charge in [-0.2, -0.15) is 0 Å². The molecule has 2 aliphatic rings. The summed E-state index contributed by atoms with van der Waals surface area (Å²) < 4.78 is 10.7. The van der Waals surface area contributed by atoms with Crippen molar-refractivity contribution in [2.75, 3.05) is 40.5 Å². The molecule has 7 heteroatoms. The fourth-order valence-corrected chi connectivity index (χ4v) is 3.54. The van der Waals surface area contributed by atoms with Crippen molar-refractivity contribution in [3.05, 3.63) is 24.0 Å². The zero-order valence-corrected chi connectivity index (χ0v) is 13.4. The minimum absolute atomic E-state index is 0.0142. The third-order valence-corrected chi connectivity index (χ3v) is 4.86. The van der Waals surface area contributed by atoms with E-state index in [1.165, 1.54) is 0 Å². The quantitative estimate of drug-likeness (QED) is 0.867. The molecule has 2 atom stereocenters. The van der Waals surface area contributed by atoms with Crippen LogP contribution in [0.1, 0.15) is 16.9 Å². The smallest absolute Gasteiger partial charge is 0.272 e. The van der Waals surface area contributed by atoms with Crippen LogP contribution in [0.2, 0.25) is 0 Å². The van der Waals surface area contributed by atoms with Gasteiger partial charge in [-0.05, 0) is 12.5 Å². The monoisotopic (exact) mass is 319 g/mol. The van der Waals surface area contributed by atoms with Gasteiger partial charge in [0.2, 0.25) is 5.91 Å². The maximum Gasteiger partial charge on any atom is 0.272 e. The number of aromatic nitrogens is 1. The number of nitrogens with one attached hydrogen (secondary N) is 1. The molecule has 0 aromatic carbocycles. The molecule has 0 saturated carbocycles. The van der Waals surface area contributed by atoms with Gasteiger partial charge < -0.3 is 19.7 Å². The summed E-state index contributed by atoms with van der Waals surface area (Å²) in [5, 5.41) is 2.75. The number of hydrogen-bond donors (Lipinski definition) is 1. The van der Waals surface area contributed by atoms with Crippen LogP contribution in [0.5, 0.6) is 5.75 Å². The van der Waals surface area contributed by atoms with Crippen LogP contribution in [0, 0.1) is 11.3 Å². The molecule has 1 N–H and O–H groups in total. The lowest BCUT2D eigenvalue weighted by atomic mass is 9.73. The van der Waals surface area contributed by atoms with E-state index in [1.807, 2.05) is 0 Å². The van der Waals surface area contributed by atoms with E-state index in [-0.39, 0.29) is 17.7 Å². The summed E-state index contributed by atoms with van der Waals surface area (Å²) >= 11 is 0. The first-order chi connectivity index (χ1) is 11.1. The molecule has 3 rings (SSSR count). The van der Waals surface area contributed by atoms with Crippen LogP contribution in [0.3, 0.4) is 0 Å². The number of amides is 2. The predicted molar refractivity (Wildman–Crippen MR) is 82.1 cm³/mol. The Morgan fingerprint density at radius 1 is 1.52 bits per heavy atom. The molecule has 0 spiro atoms. The summed E-state index contributed by atoms with van der Waals surface area (Å²) in [6, 6.07) is 3.31. The van der Waals surface area contributed by atoms with Crippen molar-refractivity contribution in [3.8, 4) is 5.75 Å². The second kappa shape index (κ2) is 6.16. The van der Waals surface area contributed by atoms with Gasteiger partial charge in [0.25, 0.3) is 5.91 Å². The van der Waals surface area contributed by atoms with Crippen molar-refractivity contribution >= 4 is 11.8 Å². The first-order valence-electron chi connectivity index (χ1n) is 7.70. The third-order valence-electron chi connectivity index (χ3n) is 4.86. The number of rotatable bonds is 3. The molecule has 7 nitrogen and oxygen atoms in total. The standard InChI is InChI=1S/C16H21N3O4/c1-17-15(21)16-4-6-23-9-11(16)8-19(10-16)14(20)13-7-12(22-2)3-5-18-13/h3,5,7,11H,4,6,8-10H2,1-2H3,(H,17,21)/t11-,16+/m1/s1. The number of nitrogens with zero attached hydrogens (tertiary/aromatic N) is 2. The van der Waals surface area contributed by atoms with E-state index in [0.717, 1.165) is 0 Å². The summed E-state index contributed by atoms with van der Waals surface area (Å²) in [5.41, 5.74) is -0.224. The second-order valence-electron chi connectivity index (χ2n) is 6.02. The lowest BCUT2D eigenvalue weighted by molar-refractivity contribution is -0.138. The fourth-order valence-electron chi connectivity index (χ4n) is 3.54. The normalized spacial score (nSPS) is 26.5. The Balaban J connectivity index is 1.84. The Labute approximate surface area is 135 Å². The third kappa shape index (κ3) is 2.65. The lowest BCUT2D eigenvalue weighted by Crippen LogP contribution is -2.49. The second-order valence-corrected chi connectivity index (χ2v) is 6.02. The highest BCUT2D eigenvalue weighted by Crippen LogP contribution is 2.42. The van der Waals surface area contributed by atoms with Crippen LogP contribution in [0.15, 0.2) is 18.3 Å². The highest BCUT2D eigenvalue weighted by atomic mass is 16.5. The summed E-state index contributed by atoms with van der Waals surface area (Å²) in [7, 11) is 3.18. The van der Waals surface area contributed by atoms with E-state index < -0.39 is 5.41 Å². The molecule has 0 radical (unpaired) electrons. The number of carbonyl (C=O) groups is 2. The van der Waals surface area contributed by atoms with Crippen LogP contribution >= 0.6 is 0 Å². The highest BCUT2D eigenvalue weighted by molar-refractivity contribution is 5.94. The average molecular weight is 319 g/mol. The minimum Gasteiger partial charge on any atom is -0.497 e. The van der Waals surface area contributed by atoms with Crippen molar-refractivity contribution in [2.45, 2.75) is 6.42 Å². The van der Waals surface area contributed by atoms with Crippen molar-refractivity contribution in [1.29, 1.82) is 0 Å². The Kier molecular flexibility index (Phi) is 4.21. The number of likely N-dealkylation sites (tertiary alicyclic amines) is 1. The zero-order valence-electron chi connectivity index (χ0n) is 13.4. The SMILES string of the molecule is CNC(=O)[C@]12CCOC[C@H]1CN(C(=O)c1cc(OC)ccn1)C2. The summed E-state index contributed by atoms with van der Waals surface area (Å²) in [5.74, 6) is 0.413. The van der Waals surface area contributed by atoms with Crippen molar-refractivity contribution in [3.63, 3.8) is 0 Å². The van der Waals surface area contributed by atoms with Crippen molar-refractivity contribution in [2.24, 2.45) is 11.3 Å². The Morgan fingerprint density at radius 2 is 2.35 bits per heavy atom. The molecule has 1 aromatic heterocycles. The van der Waals surface area contributed by atoms with Gasteiger partial charge in [-0.15, -0.1) is 0 Å². The van der Waals surface area contributed by atoms with E-state index in [0.29, 0.717) is 44.2 Å². The number of methoxy groups -OCH3 is 1. The van der Waals surface area contributed by atoms with Gasteiger partial charge in [-0.3, -0.25) is 14.6 Å². The number of fused-ring (bicyclic) bond motifs is 1. The van der Waals surface area contributed by atoms with E-state index in [1.54, 1.807) is 37.4 Å². The molecular formula is C16H21N3O4. The fraction of sp³-hybridized carbons (Fsp3) is 0.562. The number of hydrogen-bond acceptors (Lipinski definition) is 5. The average Bonchev–Trinajstić information content (AvgIpc) is 3.01. The van der Waals surface area contributed by atoms with Crippen LogP contribution < -0.4 is 10.1 Å². The Hall–Kier alpha value is -2.15. The molecule has 2 aliphatic heterocycles. The summed E-state index contributed by atoms with van der Waals surface area (Å²) in [4.78, 5) is 31.0. The Morgan fingerprint density at radius 3 is 3.09 bits per heavy atom. The first-order valence-corrected chi connectivity index (χ1v) is 7.70. The molecule has 2 amide bonds. The Bertz CT molecular complexity index is 621. The molecule has 2 fully saturated rings. The van der Waals surface area contributed by atoms with E-state index in [4.69, 9.17) is 9.47 Å². The van der Waals surface area contributed by atoms with Crippen LogP contribution in [0.25, 0.3) is 0 Å². The molecule has 1 aromatic rings. The molecular weight excluding hydrogens is 298 g/mol. The van der Waals surface area contributed by atoms with E-state index in [9.17, 15) is 9.59 Å².